The van der Waals surface area contributed by atoms with E-state index in [1.807, 2.05) is 4.90 Å². The zero-order valence-corrected chi connectivity index (χ0v) is 11.1. The van der Waals surface area contributed by atoms with Gasteiger partial charge in [-0.15, -0.1) is 0 Å². The molecule has 8 nitrogen and oxygen atoms in total. The average Bonchev–Trinajstić information content (AvgIpc) is 2.96. The van der Waals surface area contributed by atoms with E-state index in [0.717, 1.165) is 25.9 Å². The van der Waals surface area contributed by atoms with Gasteiger partial charge in [0, 0.05) is 25.2 Å². The molecule has 3 rings (SSSR count). The van der Waals surface area contributed by atoms with E-state index in [9.17, 15) is 14.9 Å². The van der Waals surface area contributed by atoms with Gasteiger partial charge in [0.25, 0.3) is 0 Å². The summed E-state index contributed by atoms with van der Waals surface area (Å²) in [5, 5.41) is 17.8. The second kappa shape index (κ2) is 5.20. The number of rotatable bonds is 3. The van der Waals surface area contributed by atoms with Crippen LogP contribution in [0.15, 0.2) is 12.3 Å². The van der Waals surface area contributed by atoms with Crippen LogP contribution >= 0.6 is 0 Å². The second-order valence-electron chi connectivity index (χ2n) is 5.39. The number of nitrogens with one attached hydrogen (secondary N) is 1. The number of fused-ring (bicyclic) bond motifs is 2. The minimum absolute atomic E-state index is 0.0302. The first-order valence-corrected chi connectivity index (χ1v) is 6.83. The van der Waals surface area contributed by atoms with Crippen LogP contribution < -0.4 is 5.32 Å². The minimum Gasteiger partial charge on any atom is -0.358 e. The van der Waals surface area contributed by atoms with E-state index in [4.69, 9.17) is 0 Å². The summed E-state index contributed by atoms with van der Waals surface area (Å²) in [7, 11) is 0. The highest BCUT2D eigenvalue weighted by atomic mass is 16.6. The van der Waals surface area contributed by atoms with Crippen LogP contribution in [0.4, 0.5) is 5.82 Å². The molecule has 2 aliphatic rings. The highest BCUT2D eigenvalue weighted by Gasteiger charge is 2.31. The maximum Gasteiger partial charge on any atom is 0.389 e. The number of carbonyl (C=O) groups excluding carboxylic acids is 1. The van der Waals surface area contributed by atoms with E-state index < -0.39 is 4.92 Å². The van der Waals surface area contributed by atoms with Crippen LogP contribution in [-0.2, 0) is 11.3 Å². The Morgan fingerprint density at radius 1 is 1.45 bits per heavy atom. The Balaban J connectivity index is 1.62. The molecule has 2 saturated heterocycles. The fourth-order valence-electron chi connectivity index (χ4n) is 2.94. The third-order valence-electron chi connectivity index (χ3n) is 3.99. The van der Waals surface area contributed by atoms with Crippen LogP contribution in [0.2, 0.25) is 0 Å². The van der Waals surface area contributed by atoms with Gasteiger partial charge >= 0.3 is 5.82 Å². The number of nitro groups is 1. The summed E-state index contributed by atoms with van der Waals surface area (Å²) in [5.41, 5.74) is 0. The lowest BCUT2D eigenvalue weighted by molar-refractivity contribution is -0.389. The van der Waals surface area contributed by atoms with Crippen molar-refractivity contribution in [3.8, 4) is 0 Å². The molecule has 20 heavy (non-hydrogen) atoms. The third kappa shape index (κ3) is 2.64. The third-order valence-corrected chi connectivity index (χ3v) is 3.99. The quantitative estimate of drug-likeness (QED) is 0.627. The molecule has 2 unspecified atom stereocenters. The van der Waals surface area contributed by atoms with Crippen LogP contribution in [0.25, 0.3) is 0 Å². The number of hydrogen-bond acceptors (Lipinski definition) is 5. The standard InChI is InChI=1S/C12H17N5O3/c18-12(8-16-6-4-11(14-16)17(19)20)15-5-3-9-1-2-10(7-15)13-9/h4,6,9-10,13H,1-3,5,7-8H2. The smallest absolute Gasteiger partial charge is 0.358 e. The highest BCUT2D eigenvalue weighted by molar-refractivity contribution is 5.76. The van der Waals surface area contributed by atoms with Crippen molar-refractivity contribution in [2.75, 3.05) is 13.1 Å². The summed E-state index contributed by atoms with van der Waals surface area (Å²) in [6.07, 6.45) is 4.75. The highest BCUT2D eigenvalue weighted by Crippen LogP contribution is 2.20. The number of nitrogens with zero attached hydrogens (tertiary/aromatic N) is 4. The molecule has 2 atom stereocenters. The Bertz CT molecular complexity index is 529. The summed E-state index contributed by atoms with van der Waals surface area (Å²) in [6, 6.07) is 2.22. The first-order chi connectivity index (χ1) is 9.61. The van der Waals surface area contributed by atoms with Crippen LogP contribution in [0, 0.1) is 10.1 Å². The van der Waals surface area contributed by atoms with Crippen molar-refractivity contribution in [3.05, 3.63) is 22.4 Å². The molecule has 1 N–H and O–H groups in total. The van der Waals surface area contributed by atoms with Gasteiger partial charge in [-0.3, -0.25) is 4.79 Å². The molecular weight excluding hydrogens is 262 g/mol. The number of amides is 1. The van der Waals surface area contributed by atoms with Crippen LogP contribution in [0.5, 0.6) is 0 Å². The predicted molar refractivity (Wildman–Crippen MR) is 70.0 cm³/mol. The van der Waals surface area contributed by atoms with Gasteiger partial charge in [-0.05, 0) is 24.2 Å². The topological polar surface area (TPSA) is 93.3 Å². The van der Waals surface area contributed by atoms with Gasteiger partial charge in [-0.25, -0.2) is 0 Å². The van der Waals surface area contributed by atoms with Crippen LogP contribution in [-0.4, -0.2) is 50.7 Å². The molecule has 0 saturated carbocycles. The molecule has 2 aliphatic heterocycles. The molecule has 1 aromatic rings. The summed E-state index contributed by atoms with van der Waals surface area (Å²) in [4.78, 5) is 24.1. The van der Waals surface area contributed by atoms with Crippen molar-refractivity contribution in [2.24, 2.45) is 0 Å². The van der Waals surface area contributed by atoms with Crippen molar-refractivity contribution >= 4 is 11.7 Å². The number of carbonyl (C=O) groups is 1. The molecule has 108 valence electrons. The first kappa shape index (κ1) is 13.0. The molecule has 0 radical (unpaired) electrons. The lowest BCUT2D eigenvalue weighted by Gasteiger charge is -2.23. The van der Waals surface area contributed by atoms with Gasteiger partial charge in [-0.1, -0.05) is 0 Å². The van der Waals surface area contributed by atoms with E-state index in [1.165, 1.54) is 23.4 Å². The molecule has 8 heteroatoms. The van der Waals surface area contributed by atoms with Crippen molar-refractivity contribution in [2.45, 2.75) is 37.9 Å². The number of aromatic nitrogens is 2. The maximum atomic E-state index is 12.2. The van der Waals surface area contributed by atoms with Crippen molar-refractivity contribution in [3.63, 3.8) is 0 Å². The molecule has 0 aliphatic carbocycles. The van der Waals surface area contributed by atoms with Gasteiger partial charge in [0.1, 0.15) is 6.54 Å². The molecule has 3 heterocycles. The lowest BCUT2D eigenvalue weighted by Crippen LogP contribution is -2.40. The molecule has 2 bridgehead atoms. The number of hydrogen-bond donors (Lipinski definition) is 1. The fraction of sp³-hybridized carbons (Fsp3) is 0.667. The summed E-state index contributed by atoms with van der Waals surface area (Å²) >= 11 is 0. The monoisotopic (exact) mass is 279 g/mol. The normalized spacial score (nSPS) is 25.5. The minimum atomic E-state index is -0.560. The molecule has 1 aromatic heterocycles. The van der Waals surface area contributed by atoms with Gasteiger partial charge in [0.2, 0.25) is 5.91 Å². The molecule has 1 amide bonds. The largest absolute Gasteiger partial charge is 0.389 e. The van der Waals surface area contributed by atoms with E-state index in [-0.39, 0.29) is 18.3 Å². The van der Waals surface area contributed by atoms with Crippen molar-refractivity contribution in [1.82, 2.24) is 20.0 Å². The maximum absolute atomic E-state index is 12.2. The Kier molecular flexibility index (Phi) is 3.39. The molecule has 2 fully saturated rings. The van der Waals surface area contributed by atoms with Crippen LogP contribution in [0.3, 0.4) is 0 Å². The average molecular weight is 279 g/mol. The Hall–Kier alpha value is -1.96. The Labute approximate surface area is 115 Å². The van der Waals surface area contributed by atoms with Crippen molar-refractivity contribution in [1.29, 1.82) is 0 Å². The van der Waals surface area contributed by atoms with E-state index in [0.29, 0.717) is 12.1 Å². The van der Waals surface area contributed by atoms with Gasteiger partial charge in [0.05, 0.1) is 17.4 Å². The summed E-state index contributed by atoms with van der Waals surface area (Å²) in [5.74, 6) is -0.258. The molecule has 0 spiro atoms. The summed E-state index contributed by atoms with van der Waals surface area (Å²) < 4.78 is 1.33. The fourth-order valence-corrected chi connectivity index (χ4v) is 2.94. The second-order valence-corrected chi connectivity index (χ2v) is 5.39. The molecular formula is C12H17N5O3. The Morgan fingerprint density at radius 2 is 2.25 bits per heavy atom. The van der Waals surface area contributed by atoms with E-state index >= 15 is 0 Å². The van der Waals surface area contributed by atoms with Crippen molar-refractivity contribution < 1.29 is 9.72 Å². The zero-order chi connectivity index (χ0) is 14.1. The van der Waals surface area contributed by atoms with Crippen LogP contribution in [0.1, 0.15) is 19.3 Å². The summed E-state index contributed by atoms with van der Waals surface area (Å²) in [6.45, 7) is 1.53. The van der Waals surface area contributed by atoms with E-state index in [1.54, 1.807) is 0 Å². The predicted octanol–water partition coefficient (Wildman–Crippen LogP) is 0.144. The molecule has 0 aromatic carbocycles. The van der Waals surface area contributed by atoms with Gasteiger partial charge in [0.15, 0.2) is 0 Å². The number of likely N-dealkylation sites (tertiary alicyclic amines) is 1. The lowest BCUT2D eigenvalue weighted by atomic mass is 10.1. The van der Waals surface area contributed by atoms with E-state index in [2.05, 4.69) is 10.4 Å². The van der Waals surface area contributed by atoms with Gasteiger partial charge < -0.3 is 20.3 Å². The zero-order valence-electron chi connectivity index (χ0n) is 11.1. The SMILES string of the molecule is O=C(Cn1ccc([N+](=O)[O-])n1)N1CCC2CCC(C1)N2. The first-order valence-electron chi connectivity index (χ1n) is 6.83. The Morgan fingerprint density at radius 3 is 3.00 bits per heavy atom. The van der Waals surface area contributed by atoms with Gasteiger partial charge in [-0.2, -0.15) is 4.68 Å².